The molecule has 0 fully saturated rings. The Morgan fingerprint density at radius 1 is 0.393 bits per heavy atom. The maximum Gasteiger partial charge on any atom is 0.165 e. The predicted molar refractivity (Wildman–Crippen MR) is 111 cm³/mol. The van der Waals surface area contributed by atoms with Gasteiger partial charge in [0.2, 0.25) is 0 Å². The van der Waals surface area contributed by atoms with E-state index in [1.807, 2.05) is 42.5 Å². The molecule has 0 atom stereocenters. The monoisotopic (exact) mass is 374 g/mol. The summed E-state index contributed by atoms with van der Waals surface area (Å²) in [7, 11) is 0. The lowest BCUT2D eigenvalue weighted by Gasteiger charge is -2.05. The Morgan fingerprint density at radius 2 is 0.821 bits per heavy atom. The number of para-hydroxylation sites is 3. The van der Waals surface area contributed by atoms with Crippen LogP contribution in [0.1, 0.15) is 0 Å². The Morgan fingerprint density at radius 3 is 1.21 bits per heavy atom. The largest absolute Gasteiger partial charge is 0.508 e. The van der Waals surface area contributed by atoms with E-state index in [1.54, 1.807) is 60.7 Å². The molecule has 0 heterocycles. The predicted octanol–water partition coefficient (Wildman–Crippen LogP) is 5.55. The first kappa shape index (κ1) is 20.4. The first-order chi connectivity index (χ1) is 13.6. The highest BCUT2D eigenvalue weighted by Crippen LogP contribution is 2.35. The maximum absolute atomic E-state index is 9.60. The first-order valence-electron chi connectivity index (χ1n) is 8.62. The Labute approximate surface area is 164 Å². The normalized spacial score (nSPS) is 9.29. The zero-order valence-electron chi connectivity index (χ0n) is 15.2. The molecule has 4 aromatic rings. The van der Waals surface area contributed by atoms with Gasteiger partial charge in [0.25, 0.3) is 0 Å². The van der Waals surface area contributed by atoms with E-state index in [-0.39, 0.29) is 11.5 Å². The Balaban J connectivity index is 0.000000168. The molecule has 0 amide bonds. The number of phenolic OH excluding ortho intramolecular Hbond substituents is 4. The van der Waals surface area contributed by atoms with Gasteiger partial charge in [-0.2, -0.15) is 0 Å². The van der Waals surface area contributed by atoms with E-state index in [1.165, 1.54) is 6.07 Å². The van der Waals surface area contributed by atoms with Gasteiger partial charge in [-0.15, -0.1) is 0 Å². The second-order valence-electron chi connectivity index (χ2n) is 5.71. The van der Waals surface area contributed by atoms with E-state index in [4.69, 9.17) is 10.2 Å². The smallest absolute Gasteiger partial charge is 0.165 e. The molecular weight excluding hydrogens is 352 g/mol. The number of hydrogen-bond donors (Lipinski definition) is 4. The minimum Gasteiger partial charge on any atom is -0.508 e. The number of rotatable bonds is 1. The van der Waals surface area contributed by atoms with Crippen LogP contribution in [0.4, 0.5) is 0 Å². The van der Waals surface area contributed by atoms with Crippen molar-refractivity contribution in [3.05, 3.63) is 109 Å². The molecule has 4 heteroatoms. The van der Waals surface area contributed by atoms with Crippen LogP contribution in [0.5, 0.6) is 23.0 Å². The molecule has 4 nitrogen and oxygen atoms in total. The van der Waals surface area contributed by atoms with Crippen LogP contribution < -0.4 is 0 Å². The summed E-state index contributed by atoms with van der Waals surface area (Å²) >= 11 is 0. The molecule has 0 aliphatic carbocycles. The summed E-state index contributed by atoms with van der Waals surface area (Å²) in [6, 6.07) is 31.8. The molecule has 0 radical (unpaired) electrons. The van der Waals surface area contributed by atoms with Crippen molar-refractivity contribution in [2.75, 3.05) is 0 Å². The molecule has 0 saturated carbocycles. The highest BCUT2D eigenvalue weighted by molar-refractivity contribution is 5.72. The number of phenols is 4. The van der Waals surface area contributed by atoms with E-state index in [0.29, 0.717) is 17.1 Å². The van der Waals surface area contributed by atoms with E-state index >= 15 is 0 Å². The summed E-state index contributed by atoms with van der Waals surface area (Å²) in [6.07, 6.45) is 0. The molecule has 0 spiro atoms. The van der Waals surface area contributed by atoms with Crippen LogP contribution in [0.15, 0.2) is 109 Å². The molecule has 0 saturated heterocycles. The fraction of sp³-hybridized carbons (Fsp3) is 0. The fourth-order valence-corrected chi connectivity index (χ4v) is 2.24. The van der Waals surface area contributed by atoms with Crippen molar-refractivity contribution in [1.29, 1.82) is 0 Å². The van der Waals surface area contributed by atoms with Crippen molar-refractivity contribution in [1.82, 2.24) is 0 Å². The van der Waals surface area contributed by atoms with Gasteiger partial charge in [0, 0.05) is 5.56 Å². The molecule has 0 aliphatic rings. The van der Waals surface area contributed by atoms with Gasteiger partial charge in [0.05, 0.1) is 0 Å². The molecule has 28 heavy (non-hydrogen) atoms. The zero-order valence-corrected chi connectivity index (χ0v) is 15.2. The van der Waals surface area contributed by atoms with Gasteiger partial charge in [-0.25, -0.2) is 0 Å². The van der Waals surface area contributed by atoms with Crippen molar-refractivity contribution < 1.29 is 20.4 Å². The number of benzene rings is 4. The average Bonchev–Trinajstić information content (AvgIpc) is 2.73. The lowest BCUT2D eigenvalue weighted by Crippen LogP contribution is -1.78. The van der Waals surface area contributed by atoms with E-state index in [9.17, 15) is 10.2 Å². The van der Waals surface area contributed by atoms with Crippen LogP contribution in [-0.2, 0) is 0 Å². The summed E-state index contributed by atoms with van der Waals surface area (Å²) in [5.41, 5.74) is 1.53. The number of hydrogen-bond acceptors (Lipinski definition) is 4. The van der Waals surface area contributed by atoms with Gasteiger partial charge in [-0.3, -0.25) is 0 Å². The summed E-state index contributed by atoms with van der Waals surface area (Å²) in [4.78, 5) is 0. The van der Waals surface area contributed by atoms with Crippen molar-refractivity contribution in [3.63, 3.8) is 0 Å². The third-order valence-corrected chi connectivity index (χ3v) is 3.61. The second kappa shape index (κ2) is 10.9. The van der Waals surface area contributed by atoms with E-state index < -0.39 is 0 Å². The molecule has 0 bridgehead atoms. The van der Waals surface area contributed by atoms with Crippen molar-refractivity contribution >= 4 is 0 Å². The van der Waals surface area contributed by atoms with Crippen molar-refractivity contribution in [2.45, 2.75) is 0 Å². The molecular formula is C24H22O4. The molecule has 4 N–H and O–H groups in total. The van der Waals surface area contributed by atoms with Crippen LogP contribution in [0.25, 0.3) is 11.1 Å². The Bertz CT molecular complexity index is 902. The minimum absolute atomic E-state index is 0.0706. The van der Waals surface area contributed by atoms with Crippen molar-refractivity contribution in [3.8, 4) is 34.1 Å². The SMILES string of the molecule is Oc1cccc(-c2ccccc2)c1O.Oc1ccccc1.Oc1ccccc1. The summed E-state index contributed by atoms with van der Waals surface area (Å²) in [5, 5.41) is 36.2. The third-order valence-electron chi connectivity index (χ3n) is 3.61. The average molecular weight is 374 g/mol. The topological polar surface area (TPSA) is 80.9 Å². The quantitative estimate of drug-likeness (QED) is 0.329. The van der Waals surface area contributed by atoms with Gasteiger partial charge in [-0.1, -0.05) is 78.9 Å². The first-order valence-corrected chi connectivity index (χ1v) is 8.62. The van der Waals surface area contributed by atoms with Gasteiger partial charge in [0.15, 0.2) is 11.5 Å². The standard InChI is InChI=1S/C12H10O2.2C6H6O/c13-11-8-4-7-10(12(11)14)9-5-2-1-3-6-9;2*7-6-4-2-1-3-5-6/h1-8,13-14H;2*1-5,7H. The summed E-state index contributed by atoms with van der Waals surface area (Å²) in [6.45, 7) is 0. The lowest BCUT2D eigenvalue weighted by molar-refractivity contribution is 0.405. The molecule has 4 aromatic carbocycles. The number of aromatic hydroxyl groups is 4. The van der Waals surface area contributed by atoms with Crippen molar-refractivity contribution in [2.24, 2.45) is 0 Å². The van der Waals surface area contributed by atoms with Crippen LogP contribution in [0.3, 0.4) is 0 Å². The summed E-state index contributed by atoms with van der Waals surface area (Å²) < 4.78 is 0. The highest BCUT2D eigenvalue weighted by Gasteiger charge is 2.06. The third kappa shape index (κ3) is 6.77. The van der Waals surface area contributed by atoms with Crippen LogP contribution in [-0.4, -0.2) is 20.4 Å². The van der Waals surface area contributed by atoms with E-state index in [2.05, 4.69) is 0 Å². The molecule has 0 aliphatic heterocycles. The van der Waals surface area contributed by atoms with Gasteiger partial charge < -0.3 is 20.4 Å². The maximum atomic E-state index is 9.60. The molecule has 0 unspecified atom stereocenters. The Hall–Kier alpha value is -3.92. The Kier molecular flexibility index (Phi) is 7.96. The lowest BCUT2D eigenvalue weighted by atomic mass is 10.0. The zero-order chi connectivity index (χ0) is 20.2. The van der Waals surface area contributed by atoms with Crippen LogP contribution in [0, 0.1) is 0 Å². The van der Waals surface area contributed by atoms with Gasteiger partial charge in [-0.05, 0) is 35.9 Å². The minimum atomic E-state index is -0.0913. The second-order valence-corrected chi connectivity index (χ2v) is 5.71. The molecule has 4 rings (SSSR count). The van der Waals surface area contributed by atoms with Crippen LogP contribution in [0.2, 0.25) is 0 Å². The van der Waals surface area contributed by atoms with Gasteiger partial charge >= 0.3 is 0 Å². The molecule has 0 aromatic heterocycles. The summed E-state index contributed by atoms with van der Waals surface area (Å²) in [5.74, 6) is 0.482. The van der Waals surface area contributed by atoms with Gasteiger partial charge in [0.1, 0.15) is 11.5 Å². The highest BCUT2D eigenvalue weighted by atomic mass is 16.3. The van der Waals surface area contributed by atoms with E-state index in [0.717, 1.165) is 5.56 Å². The molecule has 142 valence electrons. The fourth-order valence-electron chi connectivity index (χ4n) is 2.24. The van der Waals surface area contributed by atoms with Crippen LogP contribution >= 0.6 is 0 Å².